The van der Waals surface area contributed by atoms with Gasteiger partial charge in [-0.25, -0.2) is 4.39 Å². The average Bonchev–Trinajstić information content (AvgIpc) is 2.73. The Bertz CT molecular complexity index is 753. The Morgan fingerprint density at radius 2 is 1.92 bits per heavy atom. The third-order valence-corrected chi connectivity index (χ3v) is 3.98. The highest BCUT2D eigenvalue weighted by atomic mass is 19.1. The number of nitrogens with one attached hydrogen (secondary N) is 1. The van der Waals surface area contributed by atoms with Crippen molar-refractivity contribution in [3.63, 3.8) is 0 Å². The van der Waals surface area contributed by atoms with Crippen molar-refractivity contribution in [2.24, 2.45) is 7.05 Å². The molecule has 2 aromatic rings. The Morgan fingerprint density at radius 3 is 2.42 bits per heavy atom. The fourth-order valence-corrected chi connectivity index (χ4v) is 2.60. The van der Waals surface area contributed by atoms with Gasteiger partial charge in [0.25, 0.3) is 0 Å². The van der Waals surface area contributed by atoms with Crippen LogP contribution in [0, 0.1) is 19.7 Å². The standard InChI is InChI=1S/C17H20FN3O3/c1-10-14(11(2)21(3)20-10)8-16(22)19-15(9-17(23)24)12-4-6-13(18)7-5-12/h4-7,15H,8-9H2,1-3H3,(H,19,22)(H,23,24). The summed E-state index contributed by atoms with van der Waals surface area (Å²) in [7, 11) is 1.80. The van der Waals surface area contributed by atoms with Crippen LogP contribution >= 0.6 is 0 Å². The number of halogens is 1. The second-order valence-corrected chi connectivity index (χ2v) is 5.72. The first-order valence-corrected chi connectivity index (χ1v) is 7.53. The number of carbonyl (C=O) groups is 2. The van der Waals surface area contributed by atoms with Crippen LogP contribution < -0.4 is 5.32 Å². The van der Waals surface area contributed by atoms with Crippen LogP contribution in [0.5, 0.6) is 0 Å². The number of aryl methyl sites for hydroxylation is 2. The largest absolute Gasteiger partial charge is 0.481 e. The van der Waals surface area contributed by atoms with Crippen molar-refractivity contribution in [2.45, 2.75) is 32.7 Å². The smallest absolute Gasteiger partial charge is 0.305 e. The van der Waals surface area contributed by atoms with E-state index in [4.69, 9.17) is 5.11 Å². The van der Waals surface area contributed by atoms with Crippen LogP contribution in [0.3, 0.4) is 0 Å². The number of carbonyl (C=O) groups excluding carboxylic acids is 1. The normalized spacial score (nSPS) is 12.0. The summed E-state index contributed by atoms with van der Waals surface area (Å²) in [6.45, 7) is 3.70. The van der Waals surface area contributed by atoms with Crippen molar-refractivity contribution in [2.75, 3.05) is 0 Å². The molecule has 1 aromatic heterocycles. The van der Waals surface area contributed by atoms with Crippen LogP contribution in [-0.4, -0.2) is 26.8 Å². The van der Waals surface area contributed by atoms with E-state index in [-0.39, 0.29) is 18.7 Å². The first-order valence-electron chi connectivity index (χ1n) is 7.53. The van der Waals surface area contributed by atoms with E-state index >= 15 is 0 Å². The highest BCUT2D eigenvalue weighted by molar-refractivity contribution is 5.80. The SMILES string of the molecule is Cc1nn(C)c(C)c1CC(=O)NC(CC(=O)O)c1ccc(F)cc1. The topological polar surface area (TPSA) is 84.2 Å². The molecule has 1 unspecified atom stereocenters. The van der Waals surface area contributed by atoms with Gasteiger partial charge in [0.2, 0.25) is 5.91 Å². The Morgan fingerprint density at radius 1 is 1.29 bits per heavy atom. The summed E-state index contributed by atoms with van der Waals surface area (Å²) in [5.74, 6) is -1.76. The lowest BCUT2D eigenvalue weighted by Crippen LogP contribution is -2.31. The van der Waals surface area contributed by atoms with Crippen molar-refractivity contribution in [1.82, 2.24) is 15.1 Å². The van der Waals surface area contributed by atoms with Gasteiger partial charge >= 0.3 is 5.97 Å². The molecule has 0 aliphatic carbocycles. The summed E-state index contributed by atoms with van der Waals surface area (Å²) in [5, 5.41) is 16.0. The second-order valence-electron chi connectivity index (χ2n) is 5.72. The van der Waals surface area contributed by atoms with E-state index in [1.54, 1.807) is 11.7 Å². The van der Waals surface area contributed by atoms with Crippen molar-refractivity contribution in [1.29, 1.82) is 0 Å². The van der Waals surface area contributed by atoms with Gasteiger partial charge in [-0.3, -0.25) is 14.3 Å². The monoisotopic (exact) mass is 333 g/mol. The van der Waals surface area contributed by atoms with E-state index in [1.165, 1.54) is 24.3 Å². The summed E-state index contributed by atoms with van der Waals surface area (Å²) in [6, 6.07) is 4.72. The lowest BCUT2D eigenvalue weighted by atomic mass is 10.0. The maximum Gasteiger partial charge on any atom is 0.305 e. The molecule has 128 valence electrons. The van der Waals surface area contributed by atoms with Crippen molar-refractivity contribution in [3.05, 3.63) is 52.6 Å². The first-order chi connectivity index (χ1) is 11.3. The van der Waals surface area contributed by atoms with Crippen LogP contribution in [0.15, 0.2) is 24.3 Å². The summed E-state index contributed by atoms with van der Waals surface area (Å²) >= 11 is 0. The third kappa shape index (κ3) is 4.18. The molecule has 24 heavy (non-hydrogen) atoms. The van der Waals surface area contributed by atoms with E-state index < -0.39 is 17.8 Å². The minimum Gasteiger partial charge on any atom is -0.481 e. The Labute approximate surface area is 139 Å². The van der Waals surface area contributed by atoms with Gasteiger partial charge < -0.3 is 10.4 Å². The number of nitrogens with zero attached hydrogens (tertiary/aromatic N) is 2. The van der Waals surface area contributed by atoms with Gasteiger partial charge in [0, 0.05) is 18.3 Å². The summed E-state index contributed by atoms with van der Waals surface area (Å²) < 4.78 is 14.7. The number of aliphatic carboxylic acids is 1. The van der Waals surface area contributed by atoms with E-state index in [9.17, 15) is 14.0 Å². The number of carboxylic acid groups (broad SMARTS) is 1. The second kappa shape index (κ2) is 7.25. The summed E-state index contributed by atoms with van der Waals surface area (Å²) in [6.07, 6.45) is -0.162. The lowest BCUT2D eigenvalue weighted by Gasteiger charge is -2.17. The lowest BCUT2D eigenvalue weighted by molar-refractivity contribution is -0.137. The van der Waals surface area contributed by atoms with Crippen molar-refractivity contribution in [3.8, 4) is 0 Å². The zero-order chi connectivity index (χ0) is 17.9. The van der Waals surface area contributed by atoms with Crippen LogP contribution in [0.25, 0.3) is 0 Å². The molecule has 0 saturated heterocycles. The van der Waals surface area contributed by atoms with Gasteiger partial charge in [0.1, 0.15) is 5.82 Å². The van der Waals surface area contributed by atoms with Crippen molar-refractivity contribution < 1.29 is 19.1 Å². The first kappa shape index (κ1) is 17.7. The number of hydrogen-bond donors (Lipinski definition) is 2. The average molecular weight is 333 g/mol. The maximum atomic E-state index is 13.0. The van der Waals surface area contributed by atoms with Crippen LogP contribution in [0.1, 0.15) is 35.0 Å². The minimum absolute atomic E-state index is 0.114. The quantitative estimate of drug-likeness (QED) is 0.847. The molecule has 1 aromatic carbocycles. The molecule has 0 spiro atoms. The molecule has 2 N–H and O–H groups in total. The van der Waals surface area contributed by atoms with Gasteiger partial charge in [-0.15, -0.1) is 0 Å². The molecule has 7 heteroatoms. The zero-order valence-electron chi connectivity index (χ0n) is 13.8. The predicted octanol–water partition coefficient (Wildman–Crippen LogP) is 2.05. The number of rotatable bonds is 6. The number of amides is 1. The highest BCUT2D eigenvalue weighted by Gasteiger charge is 2.20. The van der Waals surface area contributed by atoms with Gasteiger partial charge in [-0.1, -0.05) is 12.1 Å². The highest BCUT2D eigenvalue weighted by Crippen LogP contribution is 2.19. The summed E-state index contributed by atoms with van der Waals surface area (Å²) in [5.41, 5.74) is 3.02. The number of carboxylic acids is 1. The molecule has 0 radical (unpaired) electrons. The molecule has 1 heterocycles. The molecule has 0 fully saturated rings. The van der Waals surface area contributed by atoms with Crippen LogP contribution in [0.2, 0.25) is 0 Å². The van der Waals surface area contributed by atoms with Gasteiger partial charge in [0.15, 0.2) is 0 Å². The molecule has 0 bridgehead atoms. The van der Waals surface area contributed by atoms with Gasteiger partial charge in [-0.05, 0) is 31.5 Å². The molecule has 0 aliphatic rings. The number of aromatic nitrogens is 2. The van der Waals surface area contributed by atoms with Crippen LogP contribution in [-0.2, 0) is 23.1 Å². The van der Waals surface area contributed by atoms with Gasteiger partial charge in [-0.2, -0.15) is 5.10 Å². The fraction of sp³-hybridized carbons (Fsp3) is 0.353. The van der Waals surface area contributed by atoms with E-state index in [0.29, 0.717) is 5.56 Å². The zero-order valence-corrected chi connectivity index (χ0v) is 13.8. The molecular weight excluding hydrogens is 313 g/mol. The van der Waals surface area contributed by atoms with Crippen molar-refractivity contribution >= 4 is 11.9 Å². The number of benzene rings is 1. The molecule has 0 saturated carbocycles. The number of hydrogen-bond acceptors (Lipinski definition) is 3. The maximum absolute atomic E-state index is 13.0. The molecule has 6 nitrogen and oxygen atoms in total. The minimum atomic E-state index is -1.04. The van der Waals surface area contributed by atoms with Gasteiger partial charge in [0.05, 0.1) is 24.6 Å². The molecule has 1 atom stereocenters. The molecule has 1 amide bonds. The Balaban J connectivity index is 2.15. The molecule has 2 rings (SSSR count). The van der Waals surface area contributed by atoms with E-state index in [1.807, 2.05) is 13.8 Å². The Kier molecular flexibility index (Phi) is 5.33. The van der Waals surface area contributed by atoms with E-state index in [2.05, 4.69) is 10.4 Å². The van der Waals surface area contributed by atoms with Crippen LogP contribution in [0.4, 0.5) is 4.39 Å². The molecule has 0 aliphatic heterocycles. The summed E-state index contributed by atoms with van der Waals surface area (Å²) in [4.78, 5) is 23.4. The fourth-order valence-electron chi connectivity index (χ4n) is 2.60. The predicted molar refractivity (Wildman–Crippen MR) is 85.9 cm³/mol. The Hall–Kier alpha value is -2.70. The van der Waals surface area contributed by atoms with E-state index in [0.717, 1.165) is 17.0 Å². The third-order valence-electron chi connectivity index (χ3n) is 3.98. The molecular formula is C17H20FN3O3.